The van der Waals surface area contributed by atoms with Gasteiger partial charge in [0.1, 0.15) is 6.54 Å². The van der Waals surface area contributed by atoms with Crippen molar-refractivity contribution in [2.45, 2.75) is 52.4 Å². The van der Waals surface area contributed by atoms with Crippen molar-refractivity contribution in [2.24, 2.45) is 0 Å². The summed E-state index contributed by atoms with van der Waals surface area (Å²) in [6.07, 6.45) is 0. The molecule has 0 unspecified atom stereocenters. The third-order valence-electron chi connectivity index (χ3n) is 7.92. The number of amides is 1. The smallest absolute Gasteiger partial charge is 0.323 e. The molecule has 0 spiro atoms. The van der Waals surface area contributed by atoms with Gasteiger partial charge in [-0.15, -0.1) is 0 Å². The first kappa shape index (κ1) is 38.6. The van der Waals surface area contributed by atoms with Gasteiger partial charge in [-0.1, -0.05) is 47.6 Å². The Kier molecular flexibility index (Phi) is 14.1. The first-order valence-electron chi connectivity index (χ1n) is 15.5. The van der Waals surface area contributed by atoms with E-state index in [4.69, 9.17) is 0 Å². The van der Waals surface area contributed by atoms with E-state index in [9.17, 15) is 44.4 Å². The number of carboxylic acid groups (broad SMARTS) is 4. The van der Waals surface area contributed by atoms with Gasteiger partial charge in [0.15, 0.2) is 0 Å². The van der Waals surface area contributed by atoms with Gasteiger partial charge in [-0.05, 0) is 34.1 Å². The molecule has 0 aliphatic carbocycles. The van der Waals surface area contributed by atoms with Crippen LogP contribution in [0.25, 0.3) is 0 Å². The van der Waals surface area contributed by atoms with Crippen molar-refractivity contribution in [3.8, 4) is 0 Å². The molecular formula is C32H51N5O9. The van der Waals surface area contributed by atoms with Gasteiger partial charge in [-0.2, -0.15) is 0 Å². The molecule has 1 aliphatic heterocycles. The van der Waals surface area contributed by atoms with Gasteiger partial charge in [0.2, 0.25) is 5.91 Å². The fourth-order valence-corrected chi connectivity index (χ4v) is 5.15. The predicted molar refractivity (Wildman–Crippen MR) is 172 cm³/mol. The second kappa shape index (κ2) is 16.8. The van der Waals surface area contributed by atoms with Crippen LogP contribution in [0.4, 0.5) is 5.69 Å². The lowest BCUT2D eigenvalue weighted by Gasteiger charge is -2.34. The molecule has 0 atom stereocenters. The molecule has 1 amide bonds. The molecule has 0 saturated carbocycles. The molecule has 1 aromatic carbocycles. The fourth-order valence-electron chi connectivity index (χ4n) is 5.15. The standard InChI is InChI=1S/C32H51N5O9/c1-31(2,3)23-15-24(32(4,5)6)17-25(16-23)37(22-30(45)46)26(38)18-33-7-9-34(19-27(39)40)11-13-36(21-29(43)44)14-12-35(10-8-33)20-28(41)42/h15-17H,7-14,18-22H2,1-6H3,(H,39,40)(H,41,42)(H,43,44)(H,45,46). The molecule has 1 aromatic rings. The van der Waals surface area contributed by atoms with Crippen LogP contribution in [0.3, 0.4) is 0 Å². The summed E-state index contributed by atoms with van der Waals surface area (Å²) in [6, 6.07) is 5.77. The fraction of sp³-hybridized carbons (Fsp3) is 0.656. The Morgan fingerprint density at radius 2 is 0.848 bits per heavy atom. The number of carbonyl (C=O) groups is 5. The van der Waals surface area contributed by atoms with E-state index in [0.717, 1.165) is 11.1 Å². The van der Waals surface area contributed by atoms with E-state index in [2.05, 4.69) is 6.07 Å². The molecule has 0 radical (unpaired) electrons. The third-order valence-corrected chi connectivity index (χ3v) is 7.92. The van der Waals surface area contributed by atoms with Gasteiger partial charge in [0.05, 0.1) is 26.2 Å². The zero-order valence-corrected chi connectivity index (χ0v) is 28.0. The lowest BCUT2D eigenvalue weighted by Crippen LogP contribution is -2.50. The van der Waals surface area contributed by atoms with Crippen LogP contribution in [0, 0.1) is 0 Å². The lowest BCUT2D eigenvalue weighted by molar-refractivity contribution is -0.140. The summed E-state index contributed by atoms with van der Waals surface area (Å²) in [7, 11) is 0. The first-order valence-corrected chi connectivity index (χ1v) is 15.5. The zero-order chi connectivity index (χ0) is 34.8. The molecule has 0 bridgehead atoms. The first-order chi connectivity index (χ1) is 21.2. The number of nitrogens with zero attached hydrogens (tertiary/aromatic N) is 5. The lowest BCUT2D eigenvalue weighted by atomic mass is 9.80. The van der Waals surface area contributed by atoms with E-state index < -0.39 is 36.3 Å². The van der Waals surface area contributed by atoms with Gasteiger partial charge >= 0.3 is 23.9 Å². The highest BCUT2D eigenvalue weighted by Gasteiger charge is 2.27. The second-order valence-corrected chi connectivity index (χ2v) is 13.9. The van der Waals surface area contributed by atoms with Crippen LogP contribution in [0.5, 0.6) is 0 Å². The molecule has 46 heavy (non-hydrogen) atoms. The quantitative estimate of drug-likeness (QED) is 0.268. The summed E-state index contributed by atoms with van der Waals surface area (Å²) in [6.45, 7) is 12.7. The maximum absolute atomic E-state index is 14.0. The second-order valence-electron chi connectivity index (χ2n) is 13.9. The maximum atomic E-state index is 14.0. The Morgan fingerprint density at radius 1 is 0.543 bits per heavy atom. The number of hydrogen-bond donors (Lipinski definition) is 4. The Balaban J connectivity index is 2.44. The van der Waals surface area contributed by atoms with Crippen LogP contribution >= 0.6 is 0 Å². The molecular weight excluding hydrogens is 598 g/mol. The molecule has 1 saturated heterocycles. The van der Waals surface area contributed by atoms with Crippen molar-refractivity contribution in [1.82, 2.24) is 19.6 Å². The number of anilines is 1. The van der Waals surface area contributed by atoms with Crippen LogP contribution in [0.2, 0.25) is 0 Å². The number of rotatable bonds is 11. The Morgan fingerprint density at radius 3 is 1.11 bits per heavy atom. The van der Waals surface area contributed by atoms with Crippen molar-refractivity contribution in [3.63, 3.8) is 0 Å². The van der Waals surface area contributed by atoms with Crippen LogP contribution < -0.4 is 4.90 Å². The van der Waals surface area contributed by atoms with Gasteiger partial charge in [-0.3, -0.25) is 43.6 Å². The molecule has 1 aliphatic rings. The summed E-state index contributed by atoms with van der Waals surface area (Å²) < 4.78 is 0. The third kappa shape index (κ3) is 13.4. The maximum Gasteiger partial charge on any atom is 0.323 e. The van der Waals surface area contributed by atoms with Crippen molar-refractivity contribution in [2.75, 3.05) is 90.0 Å². The molecule has 14 nitrogen and oxygen atoms in total. The summed E-state index contributed by atoms with van der Waals surface area (Å²) in [5.41, 5.74) is 1.83. The van der Waals surface area contributed by atoms with Crippen molar-refractivity contribution in [3.05, 3.63) is 29.3 Å². The highest BCUT2D eigenvalue weighted by atomic mass is 16.4. The molecule has 2 rings (SSSR count). The summed E-state index contributed by atoms with van der Waals surface area (Å²) in [4.78, 5) is 68.6. The van der Waals surface area contributed by atoms with Crippen molar-refractivity contribution >= 4 is 35.5 Å². The van der Waals surface area contributed by atoms with E-state index in [1.807, 2.05) is 53.7 Å². The topological polar surface area (TPSA) is 182 Å². The van der Waals surface area contributed by atoms with E-state index in [1.165, 1.54) is 4.90 Å². The minimum absolute atomic E-state index is 0.176. The zero-order valence-electron chi connectivity index (χ0n) is 28.0. The number of benzene rings is 1. The normalized spacial score (nSPS) is 17.1. The minimum atomic E-state index is -1.17. The summed E-state index contributed by atoms with van der Waals surface area (Å²) >= 11 is 0. The molecule has 1 heterocycles. The number of carboxylic acids is 4. The van der Waals surface area contributed by atoms with Gasteiger partial charge in [-0.25, -0.2) is 0 Å². The van der Waals surface area contributed by atoms with E-state index in [-0.39, 0.29) is 89.4 Å². The van der Waals surface area contributed by atoms with Crippen molar-refractivity contribution < 1.29 is 44.4 Å². The van der Waals surface area contributed by atoms with E-state index >= 15 is 0 Å². The number of hydrogen-bond acceptors (Lipinski definition) is 9. The minimum Gasteiger partial charge on any atom is -0.480 e. The predicted octanol–water partition coefficient (Wildman–Crippen LogP) is 1.17. The molecule has 4 N–H and O–H groups in total. The van der Waals surface area contributed by atoms with Crippen molar-refractivity contribution in [1.29, 1.82) is 0 Å². The monoisotopic (exact) mass is 649 g/mol. The van der Waals surface area contributed by atoms with Crippen LogP contribution in [-0.4, -0.2) is 155 Å². The SMILES string of the molecule is CC(C)(C)c1cc(N(CC(=O)O)C(=O)CN2CCN(CC(=O)O)CCN(CC(=O)O)CCN(CC(=O)O)CC2)cc(C(C)(C)C)c1. The van der Waals surface area contributed by atoms with Crippen LogP contribution in [0.1, 0.15) is 52.7 Å². The highest BCUT2D eigenvalue weighted by Crippen LogP contribution is 2.33. The van der Waals surface area contributed by atoms with Crippen LogP contribution in [0.15, 0.2) is 18.2 Å². The number of aliphatic carboxylic acids is 4. The Hall–Kier alpha value is -3.59. The van der Waals surface area contributed by atoms with E-state index in [0.29, 0.717) is 5.69 Å². The average molecular weight is 650 g/mol. The molecule has 258 valence electrons. The van der Waals surface area contributed by atoms with Gasteiger partial charge < -0.3 is 25.3 Å². The van der Waals surface area contributed by atoms with Crippen LogP contribution in [-0.2, 0) is 34.8 Å². The highest BCUT2D eigenvalue weighted by molar-refractivity contribution is 5.98. The molecule has 1 fully saturated rings. The Labute approximate surface area is 271 Å². The van der Waals surface area contributed by atoms with Gasteiger partial charge in [0.25, 0.3) is 0 Å². The summed E-state index contributed by atoms with van der Waals surface area (Å²) in [5.74, 6) is -4.77. The van der Waals surface area contributed by atoms with E-state index in [1.54, 1.807) is 19.6 Å². The largest absolute Gasteiger partial charge is 0.480 e. The molecule has 14 heteroatoms. The number of carbonyl (C=O) groups excluding carboxylic acids is 1. The Bertz CT molecular complexity index is 1180. The van der Waals surface area contributed by atoms with Gasteiger partial charge in [0, 0.05) is 58.0 Å². The summed E-state index contributed by atoms with van der Waals surface area (Å²) in [5, 5.41) is 38.1. The average Bonchev–Trinajstić information content (AvgIpc) is 2.90. The molecule has 0 aromatic heterocycles.